The molecule has 1 heterocycles. The number of thioether (sulfide) groups is 1. The lowest BCUT2D eigenvalue weighted by atomic mass is 9.95. The van der Waals surface area contributed by atoms with Crippen molar-refractivity contribution in [1.29, 1.82) is 0 Å². The molecule has 5 nitrogen and oxygen atoms in total. The predicted octanol–water partition coefficient (Wildman–Crippen LogP) is 2.18. The van der Waals surface area contributed by atoms with Crippen LogP contribution in [0.2, 0.25) is 0 Å². The van der Waals surface area contributed by atoms with Crippen molar-refractivity contribution in [2.45, 2.75) is 37.0 Å². The van der Waals surface area contributed by atoms with E-state index < -0.39 is 5.97 Å². The minimum atomic E-state index is -1.09. The van der Waals surface area contributed by atoms with Crippen LogP contribution in [0.15, 0.2) is 18.3 Å². The summed E-state index contributed by atoms with van der Waals surface area (Å²) < 4.78 is 0. The number of hydrogen-bond acceptors (Lipinski definition) is 4. The van der Waals surface area contributed by atoms with Crippen LogP contribution in [0.25, 0.3) is 0 Å². The molecule has 6 heteroatoms. The lowest BCUT2D eigenvalue weighted by molar-refractivity contribution is 0.0689. The van der Waals surface area contributed by atoms with Crippen LogP contribution in [-0.4, -0.2) is 39.5 Å². The first-order chi connectivity index (χ1) is 9.60. The molecule has 0 unspecified atom stereocenters. The second-order valence-electron chi connectivity index (χ2n) is 4.93. The van der Waals surface area contributed by atoms with Crippen molar-refractivity contribution in [3.05, 3.63) is 29.6 Å². The molecule has 1 fully saturated rings. The van der Waals surface area contributed by atoms with E-state index in [4.69, 9.17) is 5.11 Å². The maximum absolute atomic E-state index is 12.1. The average molecular weight is 294 g/mol. The minimum absolute atomic E-state index is 0.0540. The molecule has 0 radical (unpaired) electrons. The van der Waals surface area contributed by atoms with Crippen LogP contribution in [-0.2, 0) is 0 Å². The number of nitrogens with one attached hydrogen (secondary N) is 1. The molecule has 1 aromatic rings. The molecular formula is C14H18N2O3S. The Morgan fingerprint density at radius 3 is 2.80 bits per heavy atom. The minimum Gasteiger partial charge on any atom is -0.477 e. The van der Waals surface area contributed by atoms with E-state index in [0.29, 0.717) is 10.8 Å². The van der Waals surface area contributed by atoms with Gasteiger partial charge in [-0.25, -0.2) is 9.78 Å². The lowest BCUT2D eigenvalue weighted by Crippen LogP contribution is -2.39. The number of pyridine rings is 1. The lowest BCUT2D eigenvalue weighted by Gasteiger charge is -2.28. The summed E-state index contributed by atoms with van der Waals surface area (Å²) in [6.45, 7) is 0. The van der Waals surface area contributed by atoms with E-state index >= 15 is 0 Å². The van der Waals surface area contributed by atoms with Crippen molar-refractivity contribution in [3.8, 4) is 0 Å². The van der Waals surface area contributed by atoms with Crippen molar-refractivity contribution in [2.24, 2.45) is 0 Å². The third-order valence-corrected chi connectivity index (χ3v) is 4.63. The van der Waals surface area contributed by atoms with E-state index in [-0.39, 0.29) is 17.6 Å². The third-order valence-electron chi connectivity index (χ3n) is 3.54. The summed E-state index contributed by atoms with van der Waals surface area (Å²) in [5.41, 5.74) is 0.350. The molecule has 0 spiro atoms. The first-order valence-electron chi connectivity index (χ1n) is 6.63. The molecule has 0 saturated heterocycles. The highest BCUT2D eigenvalue weighted by atomic mass is 32.2. The second-order valence-corrected chi connectivity index (χ2v) is 6.07. The first-order valence-corrected chi connectivity index (χ1v) is 7.92. The number of carboxylic acid groups (broad SMARTS) is 1. The molecule has 0 bridgehead atoms. The zero-order valence-corrected chi connectivity index (χ0v) is 12.2. The Bertz CT molecular complexity index is 490. The summed E-state index contributed by atoms with van der Waals surface area (Å²) in [7, 11) is 0. The van der Waals surface area contributed by atoms with Gasteiger partial charge in [0.25, 0.3) is 5.91 Å². The van der Waals surface area contributed by atoms with E-state index in [1.807, 2.05) is 11.8 Å². The van der Waals surface area contributed by atoms with Crippen LogP contribution >= 0.6 is 11.8 Å². The standard InChI is InChI=1S/C14H18N2O3S/c1-20-11-4-2-3-10(7-11)16-13(17)9-5-6-12(14(18)19)15-8-9/h5-6,8,10-11H,2-4,7H2,1H3,(H,16,17)(H,18,19)/t10-,11-/m0/s1. The van der Waals surface area contributed by atoms with Gasteiger partial charge in [0.2, 0.25) is 0 Å². The molecule has 0 aliphatic heterocycles. The smallest absolute Gasteiger partial charge is 0.354 e. The highest BCUT2D eigenvalue weighted by Crippen LogP contribution is 2.27. The van der Waals surface area contributed by atoms with Gasteiger partial charge in [-0.2, -0.15) is 11.8 Å². The Morgan fingerprint density at radius 1 is 1.40 bits per heavy atom. The molecule has 0 aromatic carbocycles. The molecular weight excluding hydrogens is 276 g/mol. The Morgan fingerprint density at radius 2 is 2.20 bits per heavy atom. The molecule has 1 aliphatic rings. The Hall–Kier alpha value is -1.56. The third kappa shape index (κ3) is 3.72. The predicted molar refractivity (Wildman–Crippen MR) is 78.2 cm³/mol. The van der Waals surface area contributed by atoms with Crippen molar-refractivity contribution in [3.63, 3.8) is 0 Å². The Kier molecular flexibility index (Phi) is 5.00. The van der Waals surface area contributed by atoms with E-state index in [2.05, 4.69) is 16.6 Å². The summed E-state index contributed by atoms with van der Waals surface area (Å²) in [6, 6.07) is 3.05. The summed E-state index contributed by atoms with van der Waals surface area (Å²) >= 11 is 1.85. The van der Waals surface area contributed by atoms with Gasteiger partial charge >= 0.3 is 5.97 Å². The van der Waals surface area contributed by atoms with Crippen molar-refractivity contribution in [1.82, 2.24) is 10.3 Å². The summed E-state index contributed by atoms with van der Waals surface area (Å²) in [4.78, 5) is 26.5. The molecule has 2 atom stereocenters. The van der Waals surface area contributed by atoms with Gasteiger partial charge in [0, 0.05) is 17.5 Å². The number of carbonyl (C=O) groups excluding carboxylic acids is 1. The van der Waals surface area contributed by atoms with E-state index in [1.54, 1.807) is 0 Å². The number of aromatic nitrogens is 1. The molecule has 1 aliphatic carbocycles. The largest absolute Gasteiger partial charge is 0.477 e. The van der Waals surface area contributed by atoms with Gasteiger partial charge in [-0.05, 0) is 37.7 Å². The Balaban J connectivity index is 1.95. The van der Waals surface area contributed by atoms with Crippen LogP contribution in [0.3, 0.4) is 0 Å². The topological polar surface area (TPSA) is 79.3 Å². The number of nitrogens with zero attached hydrogens (tertiary/aromatic N) is 1. The highest BCUT2D eigenvalue weighted by Gasteiger charge is 2.23. The normalized spacial score (nSPS) is 22.2. The molecule has 108 valence electrons. The highest BCUT2D eigenvalue weighted by molar-refractivity contribution is 7.99. The van der Waals surface area contributed by atoms with E-state index in [0.717, 1.165) is 19.3 Å². The van der Waals surface area contributed by atoms with Crippen LogP contribution in [0.1, 0.15) is 46.5 Å². The average Bonchev–Trinajstić information content (AvgIpc) is 2.47. The van der Waals surface area contributed by atoms with Gasteiger partial charge in [-0.1, -0.05) is 6.42 Å². The van der Waals surface area contributed by atoms with Crippen LogP contribution in [0, 0.1) is 0 Å². The molecule has 1 saturated carbocycles. The van der Waals surface area contributed by atoms with Crippen molar-refractivity contribution < 1.29 is 14.7 Å². The number of aromatic carboxylic acids is 1. The molecule has 1 aromatic heterocycles. The van der Waals surface area contributed by atoms with Gasteiger partial charge in [0.15, 0.2) is 0 Å². The fourth-order valence-electron chi connectivity index (χ4n) is 2.41. The number of rotatable bonds is 4. The molecule has 20 heavy (non-hydrogen) atoms. The van der Waals surface area contributed by atoms with Crippen molar-refractivity contribution in [2.75, 3.05) is 6.26 Å². The SMILES string of the molecule is CS[C@H]1CCC[C@H](NC(=O)c2ccc(C(=O)O)nc2)C1. The quantitative estimate of drug-likeness (QED) is 0.890. The monoisotopic (exact) mass is 294 g/mol. The number of carbonyl (C=O) groups is 2. The van der Waals surface area contributed by atoms with Gasteiger partial charge in [-0.3, -0.25) is 4.79 Å². The maximum atomic E-state index is 12.1. The fraction of sp³-hybridized carbons (Fsp3) is 0.500. The van der Waals surface area contributed by atoms with Crippen LogP contribution < -0.4 is 5.32 Å². The van der Waals surface area contributed by atoms with Crippen LogP contribution in [0.5, 0.6) is 0 Å². The summed E-state index contributed by atoms with van der Waals surface area (Å²) in [5, 5.41) is 12.4. The zero-order valence-electron chi connectivity index (χ0n) is 11.3. The van der Waals surface area contributed by atoms with Gasteiger partial charge < -0.3 is 10.4 Å². The molecule has 1 amide bonds. The second kappa shape index (κ2) is 6.74. The molecule has 2 rings (SSSR count). The zero-order chi connectivity index (χ0) is 14.5. The van der Waals surface area contributed by atoms with Gasteiger partial charge in [-0.15, -0.1) is 0 Å². The fourth-order valence-corrected chi connectivity index (χ4v) is 3.24. The van der Waals surface area contributed by atoms with Gasteiger partial charge in [0.1, 0.15) is 5.69 Å². The summed E-state index contributed by atoms with van der Waals surface area (Å²) in [6.07, 6.45) is 7.75. The first kappa shape index (κ1) is 14.8. The van der Waals surface area contributed by atoms with Gasteiger partial charge in [0.05, 0.1) is 5.56 Å². The maximum Gasteiger partial charge on any atom is 0.354 e. The van der Waals surface area contributed by atoms with E-state index in [9.17, 15) is 9.59 Å². The Labute approximate surface area is 122 Å². The number of hydrogen-bond donors (Lipinski definition) is 2. The summed E-state index contributed by atoms with van der Waals surface area (Å²) in [5.74, 6) is -1.27. The van der Waals surface area contributed by atoms with Crippen molar-refractivity contribution >= 4 is 23.6 Å². The van der Waals surface area contributed by atoms with E-state index in [1.165, 1.54) is 24.8 Å². The molecule has 2 N–H and O–H groups in total. The van der Waals surface area contributed by atoms with Crippen LogP contribution in [0.4, 0.5) is 0 Å². The number of amides is 1. The number of carboxylic acids is 1.